The molecular weight excluding hydrogens is 248 g/mol. The highest BCUT2D eigenvalue weighted by Crippen LogP contribution is 2.24. The Kier molecular flexibility index (Phi) is 4.16. The van der Waals surface area contributed by atoms with Gasteiger partial charge in [0, 0.05) is 19.6 Å². The summed E-state index contributed by atoms with van der Waals surface area (Å²) < 4.78 is 5.47. The zero-order valence-corrected chi connectivity index (χ0v) is 11.1. The fourth-order valence-electron chi connectivity index (χ4n) is 2.07. The van der Waals surface area contributed by atoms with E-state index in [1.54, 1.807) is 0 Å². The van der Waals surface area contributed by atoms with Crippen LogP contribution in [0.2, 0.25) is 0 Å². The Bertz CT molecular complexity index is 466. The normalized spacial score (nSPS) is 19.3. The molecule has 0 saturated carbocycles. The number of hydrogen-bond donors (Lipinski definition) is 1. The number of rotatable bonds is 4. The molecule has 104 valence electrons. The molecule has 0 bridgehead atoms. The van der Waals surface area contributed by atoms with Gasteiger partial charge in [0.1, 0.15) is 11.6 Å². The Balaban J connectivity index is 2.29. The van der Waals surface area contributed by atoms with Gasteiger partial charge < -0.3 is 15.0 Å². The van der Waals surface area contributed by atoms with Crippen LogP contribution in [0.3, 0.4) is 0 Å². The average Bonchev–Trinajstić information content (AvgIpc) is 2.38. The van der Waals surface area contributed by atoms with Gasteiger partial charge in [-0.2, -0.15) is 0 Å². The summed E-state index contributed by atoms with van der Waals surface area (Å²) >= 11 is 0. The van der Waals surface area contributed by atoms with Crippen LogP contribution in [0.15, 0.2) is 12.1 Å². The third-order valence-electron chi connectivity index (χ3n) is 2.93. The van der Waals surface area contributed by atoms with Gasteiger partial charge in [-0.05, 0) is 13.8 Å². The molecule has 1 saturated heterocycles. The van der Waals surface area contributed by atoms with Gasteiger partial charge in [0.2, 0.25) is 0 Å². The predicted octanol–water partition coefficient (Wildman–Crippen LogP) is 1.65. The third kappa shape index (κ3) is 3.31. The van der Waals surface area contributed by atoms with Crippen LogP contribution in [0.1, 0.15) is 13.8 Å². The standard InChI is InChI=1S/C12H18N4O3/c1-3-13-11-6-10(16(17)18)7-12(14-11)15-4-5-19-9(2)8-15/h6-7,9H,3-5,8H2,1-2H3,(H,13,14). The molecule has 1 fully saturated rings. The number of pyridine rings is 1. The maximum Gasteiger partial charge on any atom is 0.276 e. The smallest absolute Gasteiger partial charge is 0.276 e. The summed E-state index contributed by atoms with van der Waals surface area (Å²) in [6.45, 7) is 6.59. The van der Waals surface area contributed by atoms with Crippen molar-refractivity contribution in [1.82, 2.24) is 4.98 Å². The monoisotopic (exact) mass is 266 g/mol. The number of anilines is 2. The van der Waals surface area contributed by atoms with Crippen LogP contribution < -0.4 is 10.2 Å². The van der Waals surface area contributed by atoms with Crippen LogP contribution in [0.25, 0.3) is 0 Å². The minimum Gasteiger partial charge on any atom is -0.375 e. The minimum absolute atomic E-state index is 0.0556. The number of nitrogens with zero attached hydrogens (tertiary/aromatic N) is 3. The Morgan fingerprint density at radius 1 is 1.63 bits per heavy atom. The largest absolute Gasteiger partial charge is 0.375 e. The van der Waals surface area contributed by atoms with Crippen molar-refractivity contribution in [3.63, 3.8) is 0 Å². The Hall–Kier alpha value is -1.89. The topological polar surface area (TPSA) is 80.5 Å². The molecule has 0 aromatic carbocycles. The first-order valence-electron chi connectivity index (χ1n) is 6.37. The van der Waals surface area contributed by atoms with Crippen molar-refractivity contribution in [3.05, 3.63) is 22.2 Å². The van der Waals surface area contributed by atoms with E-state index in [2.05, 4.69) is 10.3 Å². The second kappa shape index (κ2) is 5.83. The van der Waals surface area contributed by atoms with E-state index in [4.69, 9.17) is 4.74 Å². The van der Waals surface area contributed by atoms with E-state index in [0.29, 0.717) is 37.9 Å². The van der Waals surface area contributed by atoms with E-state index in [-0.39, 0.29) is 11.8 Å². The first-order valence-corrected chi connectivity index (χ1v) is 6.37. The van der Waals surface area contributed by atoms with Crippen molar-refractivity contribution in [2.75, 3.05) is 36.5 Å². The first-order chi connectivity index (χ1) is 9.10. The fraction of sp³-hybridized carbons (Fsp3) is 0.583. The Morgan fingerprint density at radius 3 is 3.05 bits per heavy atom. The van der Waals surface area contributed by atoms with Crippen LogP contribution in [-0.4, -0.2) is 42.3 Å². The van der Waals surface area contributed by atoms with Crippen molar-refractivity contribution < 1.29 is 9.66 Å². The number of aromatic nitrogens is 1. The molecule has 1 N–H and O–H groups in total. The van der Waals surface area contributed by atoms with Crippen molar-refractivity contribution in [3.8, 4) is 0 Å². The molecule has 1 unspecified atom stereocenters. The Labute approximate surface area is 111 Å². The summed E-state index contributed by atoms with van der Waals surface area (Å²) in [5.41, 5.74) is 0.0556. The summed E-state index contributed by atoms with van der Waals surface area (Å²) in [6, 6.07) is 2.97. The lowest BCUT2D eigenvalue weighted by atomic mass is 10.3. The quantitative estimate of drug-likeness (QED) is 0.659. The molecule has 2 rings (SSSR count). The summed E-state index contributed by atoms with van der Waals surface area (Å²) in [6.07, 6.45) is 0.109. The zero-order chi connectivity index (χ0) is 13.8. The van der Waals surface area contributed by atoms with Crippen LogP contribution in [-0.2, 0) is 4.74 Å². The van der Waals surface area contributed by atoms with E-state index in [9.17, 15) is 10.1 Å². The van der Waals surface area contributed by atoms with E-state index in [0.717, 1.165) is 0 Å². The lowest BCUT2D eigenvalue weighted by Gasteiger charge is -2.32. The number of ether oxygens (including phenoxy) is 1. The molecule has 0 amide bonds. The van der Waals surface area contributed by atoms with E-state index in [1.807, 2.05) is 18.7 Å². The number of nitro groups is 1. The average molecular weight is 266 g/mol. The highest BCUT2D eigenvalue weighted by Gasteiger charge is 2.21. The number of nitrogens with one attached hydrogen (secondary N) is 1. The van der Waals surface area contributed by atoms with Crippen molar-refractivity contribution >= 4 is 17.3 Å². The lowest BCUT2D eigenvalue weighted by molar-refractivity contribution is -0.384. The second-order valence-corrected chi connectivity index (χ2v) is 4.48. The van der Waals surface area contributed by atoms with E-state index < -0.39 is 4.92 Å². The van der Waals surface area contributed by atoms with Crippen LogP contribution in [0.4, 0.5) is 17.3 Å². The molecule has 2 heterocycles. The van der Waals surface area contributed by atoms with Crippen LogP contribution >= 0.6 is 0 Å². The van der Waals surface area contributed by atoms with E-state index >= 15 is 0 Å². The van der Waals surface area contributed by atoms with Crippen molar-refractivity contribution in [2.45, 2.75) is 20.0 Å². The van der Waals surface area contributed by atoms with Crippen molar-refractivity contribution in [1.29, 1.82) is 0 Å². The molecule has 1 aliphatic rings. The van der Waals surface area contributed by atoms with Crippen LogP contribution in [0, 0.1) is 10.1 Å². The van der Waals surface area contributed by atoms with Gasteiger partial charge in [-0.25, -0.2) is 4.98 Å². The molecular formula is C12H18N4O3. The maximum atomic E-state index is 11.0. The highest BCUT2D eigenvalue weighted by atomic mass is 16.6. The van der Waals surface area contributed by atoms with Gasteiger partial charge in [-0.15, -0.1) is 0 Å². The summed E-state index contributed by atoms with van der Waals surface area (Å²) in [5.74, 6) is 1.16. The number of morpholine rings is 1. The molecule has 0 aliphatic carbocycles. The molecule has 0 spiro atoms. The minimum atomic E-state index is -0.393. The van der Waals surface area contributed by atoms with Gasteiger partial charge in [0.05, 0.1) is 29.8 Å². The summed E-state index contributed by atoms with van der Waals surface area (Å²) in [5, 5.41) is 14.0. The second-order valence-electron chi connectivity index (χ2n) is 4.48. The molecule has 7 heteroatoms. The van der Waals surface area contributed by atoms with Gasteiger partial charge in [0.25, 0.3) is 5.69 Å². The fourth-order valence-corrected chi connectivity index (χ4v) is 2.07. The molecule has 7 nitrogen and oxygen atoms in total. The van der Waals surface area contributed by atoms with Crippen molar-refractivity contribution in [2.24, 2.45) is 0 Å². The lowest BCUT2D eigenvalue weighted by Crippen LogP contribution is -2.41. The van der Waals surface area contributed by atoms with Gasteiger partial charge >= 0.3 is 0 Å². The van der Waals surface area contributed by atoms with Gasteiger partial charge in [-0.1, -0.05) is 0 Å². The molecule has 1 aromatic rings. The molecule has 0 radical (unpaired) electrons. The predicted molar refractivity (Wildman–Crippen MR) is 72.7 cm³/mol. The molecule has 1 atom stereocenters. The Morgan fingerprint density at radius 2 is 2.42 bits per heavy atom. The summed E-state index contributed by atoms with van der Waals surface area (Å²) in [7, 11) is 0. The van der Waals surface area contributed by atoms with Crippen LogP contribution in [0.5, 0.6) is 0 Å². The zero-order valence-electron chi connectivity index (χ0n) is 11.1. The molecule has 1 aromatic heterocycles. The van der Waals surface area contributed by atoms with E-state index in [1.165, 1.54) is 12.1 Å². The molecule has 1 aliphatic heterocycles. The third-order valence-corrected chi connectivity index (χ3v) is 2.93. The highest BCUT2D eigenvalue weighted by molar-refractivity contribution is 5.56. The number of hydrogen-bond acceptors (Lipinski definition) is 6. The SMILES string of the molecule is CCNc1cc([N+](=O)[O-])cc(N2CCOC(C)C2)n1. The summed E-state index contributed by atoms with van der Waals surface area (Å²) in [4.78, 5) is 17.0. The van der Waals surface area contributed by atoms with Gasteiger partial charge in [-0.3, -0.25) is 10.1 Å². The molecule has 19 heavy (non-hydrogen) atoms. The first kappa shape index (κ1) is 13.5. The van der Waals surface area contributed by atoms with Gasteiger partial charge in [0.15, 0.2) is 0 Å². The maximum absolute atomic E-state index is 11.0.